The minimum atomic E-state index is -0.461. The molecule has 1 saturated heterocycles. The molecule has 1 aliphatic heterocycles. The number of hydrogen-bond donors (Lipinski definition) is 3. The van der Waals surface area contributed by atoms with Gasteiger partial charge >= 0.3 is 5.97 Å². The van der Waals surface area contributed by atoms with Gasteiger partial charge in [0.1, 0.15) is 0 Å². The number of carbonyl (C=O) groups excluding carboxylic acids is 2. The first-order valence-corrected chi connectivity index (χ1v) is 8.19. The fourth-order valence-electron chi connectivity index (χ4n) is 2.20. The van der Waals surface area contributed by atoms with E-state index in [1.165, 1.54) is 18.9 Å². The molecule has 1 aliphatic rings. The molecule has 1 amide bonds. The van der Waals surface area contributed by atoms with Gasteiger partial charge in [-0.25, -0.2) is 0 Å². The number of ether oxygens (including phenoxy) is 1. The molecule has 1 aromatic rings. The van der Waals surface area contributed by atoms with E-state index in [-0.39, 0.29) is 30.3 Å². The molecule has 1 fully saturated rings. The maximum absolute atomic E-state index is 12.1. The van der Waals surface area contributed by atoms with E-state index in [9.17, 15) is 14.7 Å². The van der Waals surface area contributed by atoms with Gasteiger partial charge in [0.05, 0.1) is 25.0 Å². The van der Waals surface area contributed by atoms with Gasteiger partial charge in [0.15, 0.2) is 0 Å². The van der Waals surface area contributed by atoms with Crippen molar-refractivity contribution in [2.24, 2.45) is 0 Å². The summed E-state index contributed by atoms with van der Waals surface area (Å²) in [5, 5.41) is 15.3. The van der Waals surface area contributed by atoms with Crippen molar-refractivity contribution in [1.82, 2.24) is 5.32 Å². The number of nitrogens with one attached hydrogen (secondary N) is 2. The fourth-order valence-corrected chi connectivity index (χ4v) is 3.00. The number of carbonyl (C=O) groups is 2. The lowest BCUT2D eigenvalue weighted by atomic mass is 10.1. The second-order valence-corrected chi connectivity index (χ2v) is 6.09. The summed E-state index contributed by atoms with van der Waals surface area (Å²) < 4.78 is 4.59. The van der Waals surface area contributed by atoms with E-state index in [0.29, 0.717) is 30.2 Å². The first-order chi connectivity index (χ1) is 10.6. The molecular weight excluding hydrogens is 340 g/mol. The first-order valence-electron chi connectivity index (χ1n) is 7.04. The Morgan fingerprint density at radius 2 is 2.26 bits per heavy atom. The zero-order valence-electron chi connectivity index (χ0n) is 12.8. The van der Waals surface area contributed by atoms with E-state index in [0.717, 1.165) is 5.56 Å². The second kappa shape index (κ2) is 9.77. The normalized spacial score (nSPS) is 19.7. The Balaban J connectivity index is 0.00000264. The minimum Gasteiger partial charge on any atom is -0.468 e. The summed E-state index contributed by atoms with van der Waals surface area (Å²) in [6, 6.07) is 7.15. The van der Waals surface area contributed by atoms with E-state index in [4.69, 9.17) is 0 Å². The number of thioether (sulfide) groups is 1. The van der Waals surface area contributed by atoms with Gasteiger partial charge < -0.3 is 20.5 Å². The van der Waals surface area contributed by atoms with Gasteiger partial charge in [-0.1, -0.05) is 12.1 Å². The highest BCUT2D eigenvalue weighted by molar-refractivity contribution is 7.99. The monoisotopic (exact) mass is 360 g/mol. The molecular formula is C15H21ClN2O4S. The van der Waals surface area contributed by atoms with Crippen LogP contribution in [-0.2, 0) is 20.1 Å². The van der Waals surface area contributed by atoms with Crippen molar-refractivity contribution in [2.75, 3.05) is 24.7 Å². The summed E-state index contributed by atoms with van der Waals surface area (Å²) in [4.78, 5) is 23.1. The van der Waals surface area contributed by atoms with Crippen LogP contribution in [0.5, 0.6) is 0 Å². The molecule has 0 bridgehead atoms. The second-order valence-electron chi connectivity index (χ2n) is 5.11. The predicted octanol–water partition coefficient (Wildman–Crippen LogP) is 1.18. The van der Waals surface area contributed by atoms with Crippen LogP contribution in [0.2, 0.25) is 0 Å². The van der Waals surface area contributed by atoms with Gasteiger partial charge in [-0.2, -0.15) is 0 Å². The number of rotatable bonds is 6. The number of aliphatic hydroxyl groups excluding tert-OH is 1. The molecule has 2 unspecified atom stereocenters. The van der Waals surface area contributed by atoms with Crippen LogP contribution in [0.15, 0.2) is 24.3 Å². The third kappa shape index (κ3) is 6.39. The molecule has 6 nitrogen and oxygen atoms in total. The summed E-state index contributed by atoms with van der Waals surface area (Å²) in [5.74, 6) is 0.576. The Labute approximate surface area is 145 Å². The maximum Gasteiger partial charge on any atom is 0.315 e. The van der Waals surface area contributed by atoms with Crippen molar-refractivity contribution in [3.05, 3.63) is 29.8 Å². The number of hydrogen-bond acceptors (Lipinski definition) is 6. The number of amides is 1. The number of β-amino-alcohol motifs (C(OH)–C–C–N with tert-alkyl or cyclic N) is 1. The van der Waals surface area contributed by atoms with Gasteiger partial charge in [0, 0.05) is 18.0 Å². The van der Waals surface area contributed by atoms with E-state index in [1.54, 1.807) is 0 Å². The van der Waals surface area contributed by atoms with Crippen LogP contribution >= 0.6 is 24.2 Å². The molecule has 8 heteroatoms. The van der Waals surface area contributed by atoms with Crippen molar-refractivity contribution in [1.29, 1.82) is 0 Å². The predicted molar refractivity (Wildman–Crippen MR) is 92.9 cm³/mol. The maximum atomic E-state index is 12.1. The van der Waals surface area contributed by atoms with Crippen molar-refractivity contribution in [3.8, 4) is 0 Å². The van der Waals surface area contributed by atoms with Crippen LogP contribution in [0.25, 0.3) is 0 Å². The zero-order valence-corrected chi connectivity index (χ0v) is 14.4. The minimum absolute atomic E-state index is 0. The fraction of sp³-hybridized carbons (Fsp3) is 0.467. The van der Waals surface area contributed by atoms with Crippen molar-refractivity contribution in [3.63, 3.8) is 0 Å². The number of halogens is 1. The van der Waals surface area contributed by atoms with Gasteiger partial charge in [0.25, 0.3) is 0 Å². The number of benzene rings is 1. The Morgan fingerprint density at radius 1 is 1.48 bits per heavy atom. The highest BCUT2D eigenvalue weighted by Gasteiger charge is 2.27. The lowest BCUT2D eigenvalue weighted by Crippen LogP contribution is -2.35. The Kier molecular flexibility index (Phi) is 8.40. The van der Waals surface area contributed by atoms with Crippen molar-refractivity contribution < 1.29 is 19.4 Å². The van der Waals surface area contributed by atoms with E-state index in [2.05, 4.69) is 15.4 Å². The smallest absolute Gasteiger partial charge is 0.315 e. The molecule has 0 aliphatic carbocycles. The molecule has 0 radical (unpaired) electrons. The Bertz CT molecular complexity index is 544. The average Bonchev–Trinajstić information content (AvgIpc) is 2.94. The summed E-state index contributed by atoms with van der Waals surface area (Å²) in [5.41, 5.74) is 1.73. The van der Waals surface area contributed by atoms with Crippen LogP contribution in [-0.4, -0.2) is 48.5 Å². The van der Waals surface area contributed by atoms with Gasteiger partial charge in [0.2, 0.25) is 5.91 Å². The van der Waals surface area contributed by atoms with Crippen molar-refractivity contribution in [2.45, 2.75) is 24.3 Å². The molecule has 3 N–H and O–H groups in total. The number of aliphatic hydroxyl groups is 1. The van der Waals surface area contributed by atoms with E-state index < -0.39 is 6.10 Å². The molecule has 23 heavy (non-hydrogen) atoms. The van der Waals surface area contributed by atoms with Crippen LogP contribution in [0.1, 0.15) is 12.0 Å². The van der Waals surface area contributed by atoms with Crippen LogP contribution in [0.3, 0.4) is 0 Å². The summed E-state index contributed by atoms with van der Waals surface area (Å²) in [6.07, 6.45) is -0.0302. The highest BCUT2D eigenvalue weighted by Crippen LogP contribution is 2.17. The molecule has 2 rings (SSSR count). The summed E-state index contributed by atoms with van der Waals surface area (Å²) >= 11 is 1.46. The van der Waals surface area contributed by atoms with Crippen LogP contribution < -0.4 is 10.6 Å². The lowest BCUT2D eigenvalue weighted by Gasteiger charge is -2.12. The standard InChI is InChI=1S/C15H20N2O4S.ClH/c1-21-14(19)9-22-8-10-3-2-4-11(5-10)17-15(20)13-6-12(18)7-16-13;/h2-5,12-13,16,18H,6-9H2,1H3,(H,17,20);1H. The number of anilines is 1. The Hall–Kier alpha value is -1.28. The molecule has 1 aromatic carbocycles. The molecule has 128 valence electrons. The lowest BCUT2D eigenvalue weighted by molar-refractivity contribution is -0.137. The first kappa shape index (κ1) is 19.8. The molecule has 0 saturated carbocycles. The summed E-state index contributed by atoms with van der Waals surface area (Å²) in [6.45, 7) is 0.447. The summed E-state index contributed by atoms with van der Waals surface area (Å²) in [7, 11) is 1.37. The third-order valence-electron chi connectivity index (χ3n) is 3.33. The molecule has 0 spiro atoms. The molecule has 2 atom stereocenters. The van der Waals surface area contributed by atoms with Crippen LogP contribution in [0.4, 0.5) is 5.69 Å². The molecule has 0 aromatic heterocycles. The largest absolute Gasteiger partial charge is 0.468 e. The third-order valence-corrected chi connectivity index (χ3v) is 4.31. The average molecular weight is 361 g/mol. The SMILES string of the molecule is COC(=O)CSCc1cccc(NC(=O)C2CC(O)CN2)c1.Cl. The van der Waals surface area contributed by atoms with Gasteiger partial charge in [-0.15, -0.1) is 24.2 Å². The van der Waals surface area contributed by atoms with E-state index in [1.807, 2.05) is 24.3 Å². The van der Waals surface area contributed by atoms with E-state index >= 15 is 0 Å². The van der Waals surface area contributed by atoms with Crippen LogP contribution in [0, 0.1) is 0 Å². The highest BCUT2D eigenvalue weighted by atomic mass is 35.5. The quantitative estimate of drug-likeness (QED) is 0.660. The number of esters is 1. The topological polar surface area (TPSA) is 87.7 Å². The zero-order chi connectivity index (χ0) is 15.9. The number of methoxy groups -OCH3 is 1. The van der Waals surface area contributed by atoms with Gasteiger partial charge in [-0.05, 0) is 24.1 Å². The Morgan fingerprint density at radius 3 is 2.91 bits per heavy atom. The molecule has 1 heterocycles. The van der Waals surface area contributed by atoms with Crippen molar-refractivity contribution >= 4 is 41.7 Å². The van der Waals surface area contributed by atoms with Gasteiger partial charge in [-0.3, -0.25) is 9.59 Å².